The van der Waals surface area contributed by atoms with Crippen molar-refractivity contribution >= 4 is 5.78 Å². The van der Waals surface area contributed by atoms with E-state index in [1.807, 2.05) is 18.2 Å². The maximum absolute atomic E-state index is 11.5. The number of carbonyl (C=O) groups is 1. The van der Waals surface area contributed by atoms with Crippen molar-refractivity contribution in [3.05, 3.63) is 35.9 Å². The summed E-state index contributed by atoms with van der Waals surface area (Å²) in [5, 5.41) is 0. The Bertz CT molecular complexity index is 336. The van der Waals surface area contributed by atoms with Crippen LogP contribution in [0.5, 0.6) is 0 Å². The molecular weight excluding hydrogens is 172 g/mol. The van der Waals surface area contributed by atoms with Crippen LogP contribution in [0.1, 0.15) is 38.2 Å². The molecule has 1 aromatic carbocycles. The van der Waals surface area contributed by atoms with E-state index in [2.05, 4.69) is 19.1 Å². The number of ketones is 1. The molecule has 0 aromatic heterocycles. The molecule has 1 nitrogen and oxygen atoms in total. The molecule has 0 heterocycles. The molecule has 1 saturated carbocycles. The largest absolute Gasteiger partial charge is 0.299 e. The van der Waals surface area contributed by atoms with Gasteiger partial charge in [0.05, 0.1) is 0 Å². The van der Waals surface area contributed by atoms with Gasteiger partial charge in [-0.15, -0.1) is 0 Å². The van der Waals surface area contributed by atoms with E-state index < -0.39 is 0 Å². The van der Waals surface area contributed by atoms with Gasteiger partial charge in [0, 0.05) is 5.41 Å². The molecule has 14 heavy (non-hydrogen) atoms. The summed E-state index contributed by atoms with van der Waals surface area (Å²) in [6.07, 6.45) is 2.14. The Labute approximate surface area is 85.1 Å². The van der Waals surface area contributed by atoms with Gasteiger partial charge >= 0.3 is 0 Å². The van der Waals surface area contributed by atoms with Gasteiger partial charge in [0.25, 0.3) is 0 Å². The van der Waals surface area contributed by atoms with Gasteiger partial charge in [0.15, 0.2) is 0 Å². The third-order valence-corrected chi connectivity index (χ3v) is 3.62. The lowest BCUT2D eigenvalue weighted by Crippen LogP contribution is -2.19. The SMILES string of the molecule is CC(=O)C1(C(C)c2ccccc2)CC1. The fraction of sp³-hybridized carbons (Fsp3) is 0.462. The highest BCUT2D eigenvalue weighted by molar-refractivity contribution is 5.86. The van der Waals surface area contributed by atoms with Gasteiger partial charge in [-0.3, -0.25) is 4.79 Å². The maximum Gasteiger partial charge on any atom is 0.136 e. The lowest BCUT2D eigenvalue weighted by Gasteiger charge is -2.20. The molecule has 1 aromatic rings. The summed E-state index contributed by atoms with van der Waals surface area (Å²) in [6, 6.07) is 10.3. The summed E-state index contributed by atoms with van der Waals surface area (Å²) in [7, 11) is 0. The number of Topliss-reactive ketones (excluding diaryl/α,β-unsaturated/α-hetero) is 1. The summed E-state index contributed by atoms with van der Waals surface area (Å²) in [4.78, 5) is 11.5. The van der Waals surface area contributed by atoms with Crippen LogP contribution in [-0.2, 0) is 4.79 Å². The zero-order valence-corrected chi connectivity index (χ0v) is 8.79. The lowest BCUT2D eigenvalue weighted by atomic mass is 9.82. The van der Waals surface area contributed by atoms with Gasteiger partial charge in [0.2, 0.25) is 0 Å². The van der Waals surface area contributed by atoms with Crippen molar-refractivity contribution in [1.29, 1.82) is 0 Å². The average molecular weight is 188 g/mol. The quantitative estimate of drug-likeness (QED) is 0.712. The van der Waals surface area contributed by atoms with Crippen LogP contribution >= 0.6 is 0 Å². The smallest absolute Gasteiger partial charge is 0.136 e. The Morgan fingerprint density at radius 3 is 2.29 bits per heavy atom. The highest BCUT2D eigenvalue weighted by Crippen LogP contribution is 2.56. The first-order valence-electron chi connectivity index (χ1n) is 5.23. The molecule has 1 heteroatoms. The summed E-state index contributed by atoms with van der Waals surface area (Å²) < 4.78 is 0. The molecule has 0 N–H and O–H groups in total. The van der Waals surface area contributed by atoms with Crippen molar-refractivity contribution in [1.82, 2.24) is 0 Å². The van der Waals surface area contributed by atoms with Gasteiger partial charge in [-0.05, 0) is 31.2 Å². The summed E-state index contributed by atoms with van der Waals surface area (Å²) >= 11 is 0. The molecule has 1 atom stereocenters. The molecular formula is C13H16O. The zero-order chi connectivity index (χ0) is 10.2. The third-order valence-electron chi connectivity index (χ3n) is 3.62. The van der Waals surface area contributed by atoms with Gasteiger partial charge < -0.3 is 0 Å². The normalized spacial score (nSPS) is 20.1. The summed E-state index contributed by atoms with van der Waals surface area (Å²) in [6.45, 7) is 3.90. The van der Waals surface area contributed by atoms with Crippen molar-refractivity contribution in [2.75, 3.05) is 0 Å². The minimum atomic E-state index is -0.0264. The molecule has 0 spiro atoms. The van der Waals surface area contributed by atoms with E-state index in [4.69, 9.17) is 0 Å². The van der Waals surface area contributed by atoms with Crippen LogP contribution < -0.4 is 0 Å². The number of hydrogen-bond acceptors (Lipinski definition) is 1. The first-order valence-corrected chi connectivity index (χ1v) is 5.23. The average Bonchev–Trinajstić information content (AvgIpc) is 2.99. The number of hydrogen-bond donors (Lipinski definition) is 0. The van der Waals surface area contributed by atoms with Crippen LogP contribution in [0, 0.1) is 5.41 Å². The predicted molar refractivity (Wildman–Crippen MR) is 57.2 cm³/mol. The predicted octanol–water partition coefficient (Wildman–Crippen LogP) is 3.16. The monoisotopic (exact) mass is 188 g/mol. The molecule has 1 aliphatic carbocycles. The van der Waals surface area contributed by atoms with Crippen molar-refractivity contribution in [3.8, 4) is 0 Å². The van der Waals surface area contributed by atoms with Gasteiger partial charge in [-0.25, -0.2) is 0 Å². The topological polar surface area (TPSA) is 17.1 Å². The van der Waals surface area contributed by atoms with Gasteiger partial charge in [-0.1, -0.05) is 37.3 Å². The second-order valence-electron chi connectivity index (χ2n) is 4.34. The maximum atomic E-state index is 11.5. The van der Waals surface area contributed by atoms with Crippen LogP contribution in [0.4, 0.5) is 0 Å². The molecule has 0 bridgehead atoms. The van der Waals surface area contributed by atoms with E-state index in [9.17, 15) is 4.79 Å². The van der Waals surface area contributed by atoms with Crippen molar-refractivity contribution < 1.29 is 4.79 Å². The second-order valence-corrected chi connectivity index (χ2v) is 4.34. The van der Waals surface area contributed by atoms with Gasteiger partial charge in [0.1, 0.15) is 5.78 Å². The van der Waals surface area contributed by atoms with Crippen molar-refractivity contribution in [2.45, 2.75) is 32.6 Å². The van der Waals surface area contributed by atoms with E-state index in [1.165, 1.54) is 5.56 Å². The van der Waals surface area contributed by atoms with Crippen LogP contribution in [-0.4, -0.2) is 5.78 Å². The highest BCUT2D eigenvalue weighted by Gasteiger charge is 2.51. The Hall–Kier alpha value is -1.11. The van der Waals surface area contributed by atoms with Crippen LogP contribution in [0.15, 0.2) is 30.3 Å². The lowest BCUT2D eigenvalue weighted by molar-refractivity contribution is -0.122. The summed E-state index contributed by atoms with van der Waals surface area (Å²) in [5.74, 6) is 0.732. The molecule has 0 radical (unpaired) electrons. The van der Waals surface area contributed by atoms with Crippen LogP contribution in [0.25, 0.3) is 0 Å². The first kappa shape index (κ1) is 9.45. The van der Waals surface area contributed by atoms with Crippen LogP contribution in [0.3, 0.4) is 0 Å². The molecule has 0 saturated heterocycles. The fourth-order valence-electron chi connectivity index (χ4n) is 2.29. The molecule has 1 aliphatic rings. The number of carbonyl (C=O) groups excluding carboxylic acids is 1. The first-order chi connectivity index (χ1) is 6.67. The Morgan fingerprint density at radius 2 is 1.86 bits per heavy atom. The summed E-state index contributed by atoms with van der Waals surface area (Å²) in [5.41, 5.74) is 1.27. The highest BCUT2D eigenvalue weighted by atomic mass is 16.1. The zero-order valence-electron chi connectivity index (χ0n) is 8.79. The van der Waals surface area contributed by atoms with E-state index in [0.29, 0.717) is 11.7 Å². The van der Waals surface area contributed by atoms with Crippen LogP contribution in [0.2, 0.25) is 0 Å². The van der Waals surface area contributed by atoms with Crippen molar-refractivity contribution in [3.63, 3.8) is 0 Å². The van der Waals surface area contributed by atoms with E-state index in [0.717, 1.165) is 12.8 Å². The Morgan fingerprint density at radius 1 is 1.29 bits per heavy atom. The third kappa shape index (κ3) is 1.37. The van der Waals surface area contributed by atoms with E-state index >= 15 is 0 Å². The van der Waals surface area contributed by atoms with E-state index in [1.54, 1.807) is 6.92 Å². The van der Waals surface area contributed by atoms with Gasteiger partial charge in [-0.2, -0.15) is 0 Å². The number of rotatable bonds is 3. The Kier molecular flexibility index (Phi) is 2.18. The standard InChI is InChI=1S/C13H16O/c1-10(12-6-4-3-5-7-12)13(8-9-13)11(2)14/h3-7,10H,8-9H2,1-2H3. The number of benzene rings is 1. The minimum Gasteiger partial charge on any atom is -0.299 e. The molecule has 1 unspecified atom stereocenters. The molecule has 2 rings (SSSR count). The fourth-order valence-corrected chi connectivity index (χ4v) is 2.29. The minimum absolute atomic E-state index is 0.0264. The van der Waals surface area contributed by atoms with E-state index in [-0.39, 0.29) is 5.41 Å². The molecule has 0 aliphatic heterocycles. The molecule has 0 amide bonds. The molecule has 74 valence electrons. The second kappa shape index (κ2) is 3.23. The van der Waals surface area contributed by atoms with Crippen molar-refractivity contribution in [2.24, 2.45) is 5.41 Å². The molecule has 1 fully saturated rings. The Balaban J connectivity index is 2.25.